The van der Waals surface area contributed by atoms with Crippen LogP contribution < -0.4 is 10.5 Å². The molecule has 0 aliphatic carbocycles. The first kappa shape index (κ1) is 12.0. The number of ether oxygens (including phenoxy) is 3. The molecule has 0 atom stereocenters. The first-order chi connectivity index (χ1) is 9.31. The van der Waals surface area contributed by atoms with Crippen LogP contribution in [0.2, 0.25) is 0 Å². The number of hydrogen-bond donors (Lipinski definition) is 1. The summed E-state index contributed by atoms with van der Waals surface area (Å²) in [5, 5.41) is 0. The molecule has 0 spiro atoms. The van der Waals surface area contributed by atoms with Crippen LogP contribution in [0.15, 0.2) is 42.6 Å². The highest BCUT2D eigenvalue weighted by atomic mass is 16.7. The maximum atomic E-state index is 5.60. The van der Waals surface area contributed by atoms with Gasteiger partial charge in [-0.3, -0.25) is 0 Å². The molecular formula is C14H14N2O3. The molecule has 2 heterocycles. The Morgan fingerprint density at radius 2 is 1.79 bits per heavy atom. The maximum absolute atomic E-state index is 5.60. The molecule has 0 bridgehead atoms. The Labute approximate surface area is 110 Å². The van der Waals surface area contributed by atoms with Crippen LogP contribution in [-0.4, -0.2) is 18.2 Å². The van der Waals surface area contributed by atoms with Gasteiger partial charge in [-0.05, 0) is 18.2 Å². The highest BCUT2D eigenvalue weighted by molar-refractivity contribution is 5.37. The lowest BCUT2D eigenvalue weighted by Gasteiger charge is -2.10. The molecule has 98 valence electrons. The van der Waals surface area contributed by atoms with Gasteiger partial charge in [0.1, 0.15) is 5.75 Å². The van der Waals surface area contributed by atoms with Gasteiger partial charge in [-0.15, -0.1) is 0 Å². The lowest BCUT2D eigenvalue weighted by atomic mass is 10.2. The van der Waals surface area contributed by atoms with Crippen molar-refractivity contribution in [3.63, 3.8) is 0 Å². The molecule has 1 aliphatic rings. The number of pyridine rings is 1. The van der Waals surface area contributed by atoms with E-state index in [4.69, 9.17) is 19.9 Å². The molecule has 2 N–H and O–H groups in total. The maximum Gasteiger partial charge on any atom is 0.219 e. The smallest absolute Gasteiger partial charge is 0.219 e. The summed E-state index contributed by atoms with van der Waals surface area (Å²) in [7, 11) is 0. The molecule has 5 nitrogen and oxygen atoms in total. The molecule has 1 saturated heterocycles. The van der Waals surface area contributed by atoms with Gasteiger partial charge in [-0.1, -0.05) is 12.1 Å². The standard InChI is InChI=1S/C14H14N2O3/c15-11-3-6-13(16-9-11)19-12-4-1-10(2-5-12)14-17-7-8-18-14/h1-6,9,14H,7-8,15H2. The van der Waals surface area contributed by atoms with E-state index in [0.717, 1.165) is 5.56 Å². The Morgan fingerprint density at radius 3 is 2.42 bits per heavy atom. The van der Waals surface area contributed by atoms with E-state index < -0.39 is 0 Å². The first-order valence-electron chi connectivity index (χ1n) is 6.04. The molecule has 1 aromatic heterocycles. The molecule has 1 aliphatic heterocycles. The van der Waals surface area contributed by atoms with Crippen LogP contribution >= 0.6 is 0 Å². The fourth-order valence-electron chi connectivity index (χ4n) is 1.82. The quantitative estimate of drug-likeness (QED) is 0.916. The third-order valence-corrected chi connectivity index (χ3v) is 2.76. The zero-order chi connectivity index (χ0) is 13.1. The van der Waals surface area contributed by atoms with Crippen LogP contribution in [0.4, 0.5) is 5.69 Å². The molecule has 0 saturated carbocycles. The summed E-state index contributed by atoms with van der Waals surface area (Å²) in [5.41, 5.74) is 7.15. The average molecular weight is 258 g/mol. The summed E-state index contributed by atoms with van der Waals surface area (Å²) < 4.78 is 16.4. The lowest BCUT2D eigenvalue weighted by molar-refractivity contribution is -0.0441. The van der Waals surface area contributed by atoms with E-state index in [1.165, 1.54) is 0 Å². The molecule has 2 aromatic rings. The zero-order valence-corrected chi connectivity index (χ0v) is 10.3. The van der Waals surface area contributed by atoms with Crippen LogP contribution in [0.25, 0.3) is 0 Å². The molecule has 1 aromatic carbocycles. The minimum absolute atomic E-state index is 0.260. The van der Waals surface area contributed by atoms with Gasteiger partial charge in [-0.2, -0.15) is 0 Å². The van der Waals surface area contributed by atoms with Crippen molar-refractivity contribution in [2.75, 3.05) is 18.9 Å². The van der Waals surface area contributed by atoms with Crippen molar-refractivity contribution in [1.29, 1.82) is 0 Å². The number of rotatable bonds is 3. The summed E-state index contributed by atoms with van der Waals surface area (Å²) in [6.07, 6.45) is 1.30. The topological polar surface area (TPSA) is 66.6 Å². The molecule has 0 unspecified atom stereocenters. The van der Waals surface area contributed by atoms with Gasteiger partial charge in [0.2, 0.25) is 5.88 Å². The number of benzene rings is 1. The second kappa shape index (κ2) is 5.26. The number of nitrogens with zero attached hydrogens (tertiary/aromatic N) is 1. The fraction of sp³-hybridized carbons (Fsp3) is 0.214. The van der Waals surface area contributed by atoms with Crippen LogP contribution in [0, 0.1) is 0 Å². The lowest BCUT2D eigenvalue weighted by Crippen LogP contribution is -1.97. The molecule has 1 fully saturated rings. The van der Waals surface area contributed by atoms with E-state index in [1.807, 2.05) is 24.3 Å². The molecule has 0 radical (unpaired) electrons. The van der Waals surface area contributed by atoms with Crippen LogP contribution in [0.3, 0.4) is 0 Å². The molecule has 0 amide bonds. The van der Waals surface area contributed by atoms with Crippen molar-refractivity contribution in [3.8, 4) is 11.6 Å². The van der Waals surface area contributed by atoms with Crippen molar-refractivity contribution in [1.82, 2.24) is 4.98 Å². The van der Waals surface area contributed by atoms with Crippen LogP contribution in [0.1, 0.15) is 11.9 Å². The van der Waals surface area contributed by atoms with E-state index in [0.29, 0.717) is 30.5 Å². The third-order valence-electron chi connectivity index (χ3n) is 2.76. The highest BCUT2D eigenvalue weighted by Crippen LogP contribution is 2.26. The number of nitrogens with two attached hydrogens (primary N) is 1. The van der Waals surface area contributed by atoms with Crippen molar-refractivity contribution in [3.05, 3.63) is 48.2 Å². The minimum atomic E-state index is -0.260. The van der Waals surface area contributed by atoms with E-state index in [1.54, 1.807) is 18.3 Å². The zero-order valence-electron chi connectivity index (χ0n) is 10.3. The SMILES string of the molecule is Nc1ccc(Oc2ccc(C3OCCO3)cc2)nc1. The second-order valence-electron chi connectivity index (χ2n) is 4.17. The Bertz CT molecular complexity index is 534. The number of anilines is 1. The van der Waals surface area contributed by atoms with E-state index >= 15 is 0 Å². The summed E-state index contributed by atoms with van der Waals surface area (Å²) in [6, 6.07) is 11.0. The first-order valence-corrected chi connectivity index (χ1v) is 6.04. The second-order valence-corrected chi connectivity index (χ2v) is 4.17. The number of hydrogen-bond acceptors (Lipinski definition) is 5. The fourth-order valence-corrected chi connectivity index (χ4v) is 1.82. The van der Waals surface area contributed by atoms with E-state index in [2.05, 4.69) is 4.98 Å². The predicted molar refractivity (Wildman–Crippen MR) is 69.8 cm³/mol. The predicted octanol–water partition coefficient (Wildman–Crippen LogP) is 2.50. The van der Waals surface area contributed by atoms with Gasteiger partial charge in [0.15, 0.2) is 6.29 Å². The van der Waals surface area contributed by atoms with Crippen LogP contribution in [-0.2, 0) is 9.47 Å². The summed E-state index contributed by atoms with van der Waals surface area (Å²) in [4.78, 5) is 4.08. The third kappa shape index (κ3) is 2.83. The van der Waals surface area contributed by atoms with E-state index in [-0.39, 0.29) is 6.29 Å². The summed E-state index contributed by atoms with van der Waals surface area (Å²) in [6.45, 7) is 1.27. The average Bonchev–Trinajstić information content (AvgIpc) is 2.96. The molecular weight excluding hydrogens is 244 g/mol. The van der Waals surface area contributed by atoms with E-state index in [9.17, 15) is 0 Å². The Kier molecular flexibility index (Phi) is 3.31. The van der Waals surface area contributed by atoms with Gasteiger partial charge in [0, 0.05) is 11.6 Å². The summed E-state index contributed by atoms with van der Waals surface area (Å²) >= 11 is 0. The van der Waals surface area contributed by atoms with Gasteiger partial charge in [0.05, 0.1) is 25.1 Å². The van der Waals surface area contributed by atoms with Gasteiger partial charge < -0.3 is 19.9 Å². The minimum Gasteiger partial charge on any atom is -0.439 e. The van der Waals surface area contributed by atoms with Crippen molar-refractivity contribution in [2.24, 2.45) is 0 Å². The Morgan fingerprint density at radius 1 is 1.05 bits per heavy atom. The molecule has 3 rings (SSSR count). The Balaban J connectivity index is 1.70. The van der Waals surface area contributed by atoms with Gasteiger partial charge in [-0.25, -0.2) is 4.98 Å². The van der Waals surface area contributed by atoms with Crippen molar-refractivity contribution < 1.29 is 14.2 Å². The number of nitrogen functional groups attached to an aromatic ring is 1. The van der Waals surface area contributed by atoms with Crippen LogP contribution in [0.5, 0.6) is 11.6 Å². The van der Waals surface area contributed by atoms with Crippen molar-refractivity contribution >= 4 is 5.69 Å². The molecule has 5 heteroatoms. The monoisotopic (exact) mass is 258 g/mol. The molecule has 19 heavy (non-hydrogen) atoms. The highest BCUT2D eigenvalue weighted by Gasteiger charge is 2.17. The largest absolute Gasteiger partial charge is 0.439 e. The van der Waals surface area contributed by atoms with Crippen molar-refractivity contribution in [2.45, 2.75) is 6.29 Å². The van der Waals surface area contributed by atoms with Gasteiger partial charge in [0.25, 0.3) is 0 Å². The normalized spacial score (nSPS) is 15.6. The number of aromatic nitrogens is 1. The van der Waals surface area contributed by atoms with Gasteiger partial charge >= 0.3 is 0 Å². The Hall–Kier alpha value is -2.11. The summed E-state index contributed by atoms with van der Waals surface area (Å²) in [5.74, 6) is 1.22.